The summed E-state index contributed by atoms with van der Waals surface area (Å²) in [6.45, 7) is 0.899. The van der Waals surface area contributed by atoms with Gasteiger partial charge in [-0.1, -0.05) is 11.6 Å². The molecule has 0 aromatic carbocycles. The average molecular weight is 210 g/mol. The number of nitrogens with zero attached hydrogens (tertiary/aromatic N) is 1. The van der Waals surface area contributed by atoms with Gasteiger partial charge >= 0.3 is 0 Å². The van der Waals surface area contributed by atoms with Gasteiger partial charge in [0.05, 0.1) is 0 Å². The molecule has 6 heteroatoms. The van der Waals surface area contributed by atoms with Gasteiger partial charge in [-0.05, 0) is 6.92 Å². The molecule has 0 bridgehead atoms. The van der Waals surface area contributed by atoms with Crippen LogP contribution in [0.25, 0.3) is 0 Å². The van der Waals surface area contributed by atoms with Crippen molar-refractivity contribution in [3.63, 3.8) is 0 Å². The number of aromatic nitrogens is 1. The molecule has 0 unspecified atom stereocenters. The SMILES string of the molecule is CC(=O)c1c(F)nc(Cl)c(F)c1F. The van der Waals surface area contributed by atoms with Crippen molar-refractivity contribution in [1.29, 1.82) is 0 Å². The summed E-state index contributed by atoms with van der Waals surface area (Å²) in [4.78, 5) is 13.4. The van der Waals surface area contributed by atoms with Gasteiger partial charge in [-0.25, -0.2) is 13.8 Å². The van der Waals surface area contributed by atoms with Gasteiger partial charge in [0.25, 0.3) is 0 Å². The van der Waals surface area contributed by atoms with Crippen LogP contribution in [-0.4, -0.2) is 10.8 Å². The van der Waals surface area contributed by atoms with E-state index < -0.39 is 34.1 Å². The zero-order valence-corrected chi connectivity index (χ0v) is 7.12. The van der Waals surface area contributed by atoms with E-state index in [1.807, 2.05) is 0 Å². The molecular weight excluding hydrogens is 207 g/mol. The molecule has 0 radical (unpaired) electrons. The van der Waals surface area contributed by atoms with E-state index in [1.54, 1.807) is 0 Å². The van der Waals surface area contributed by atoms with E-state index in [-0.39, 0.29) is 0 Å². The Balaban J connectivity index is 3.53. The van der Waals surface area contributed by atoms with Gasteiger partial charge in [0.1, 0.15) is 5.56 Å². The first kappa shape index (κ1) is 9.98. The Morgan fingerprint density at radius 1 is 1.31 bits per heavy atom. The predicted octanol–water partition coefficient (Wildman–Crippen LogP) is 2.35. The normalized spacial score (nSPS) is 10.2. The molecule has 0 aliphatic heterocycles. The van der Waals surface area contributed by atoms with E-state index in [9.17, 15) is 18.0 Å². The molecular formula is C7H3ClF3NO. The standard InChI is InChI=1S/C7H3ClF3NO/c1-2(13)3-4(9)5(10)6(8)12-7(3)11/h1H3. The van der Waals surface area contributed by atoms with E-state index >= 15 is 0 Å². The monoisotopic (exact) mass is 209 g/mol. The summed E-state index contributed by atoms with van der Waals surface area (Å²) in [5, 5.41) is -0.931. The van der Waals surface area contributed by atoms with Crippen LogP contribution in [0, 0.1) is 17.6 Å². The van der Waals surface area contributed by atoms with Crippen molar-refractivity contribution < 1.29 is 18.0 Å². The minimum Gasteiger partial charge on any atom is -0.294 e. The number of carbonyl (C=O) groups excluding carboxylic acids is 1. The molecule has 0 aliphatic rings. The first-order chi connectivity index (χ1) is 5.95. The second-order valence-corrected chi connectivity index (χ2v) is 2.61. The first-order valence-electron chi connectivity index (χ1n) is 3.16. The van der Waals surface area contributed by atoms with Gasteiger partial charge in [-0.15, -0.1) is 0 Å². The summed E-state index contributed by atoms with van der Waals surface area (Å²) in [5.41, 5.74) is -1.01. The van der Waals surface area contributed by atoms with Crippen LogP contribution in [0.4, 0.5) is 13.2 Å². The lowest BCUT2D eigenvalue weighted by Crippen LogP contribution is -2.07. The highest BCUT2D eigenvalue weighted by atomic mass is 35.5. The third kappa shape index (κ3) is 1.65. The van der Waals surface area contributed by atoms with Crippen molar-refractivity contribution in [1.82, 2.24) is 4.98 Å². The molecule has 2 nitrogen and oxygen atoms in total. The zero-order chi connectivity index (χ0) is 10.2. The van der Waals surface area contributed by atoms with Crippen LogP contribution in [0.5, 0.6) is 0 Å². The fraction of sp³-hybridized carbons (Fsp3) is 0.143. The number of rotatable bonds is 1. The molecule has 70 valence electrons. The summed E-state index contributed by atoms with van der Waals surface area (Å²) in [6, 6.07) is 0. The van der Waals surface area contributed by atoms with Gasteiger partial charge in [0, 0.05) is 0 Å². The molecule has 1 aromatic rings. The minimum absolute atomic E-state index is 0.899. The Morgan fingerprint density at radius 3 is 2.31 bits per heavy atom. The lowest BCUT2D eigenvalue weighted by atomic mass is 10.2. The fourth-order valence-corrected chi connectivity index (χ4v) is 0.939. The first-order valence-corrected chi connectivity index (χ1v) is 3.54. The molecule has 0 spiro atoms. The molecule has 1 rings (SSSR count). The third-order valence-electron chi connectivity index (χ3n) is 1.35. The molecule has 0 atom stereocenters. The summed E-state index contributed by atoms with van der Waals surface area (Å²) in [7, 11) is 0. The molecule has 1 aromatic heterocycles. The number of Topliss-reactive ketones (excluding diaryl/α,β-unsaturated/α-hetero) is 1. The summed E-state index contributed by atoms with van der Waals surface area (Å²) in [5.74, 6) is -5.48. The van der Waals surface area contributed by atoms with Gasteiger partial charge in [0.15, 0.2) is 22.6 Å². The molecule has 13 heavy (non-hydrogen) atoms. The number of pyridine rings is 1. The quantitative estimate of drug-likeness (QED) is 0.525. The van der Waals surface area contributed by atoms with Crippen LogP contribution in [0.3, 0.4) is 0 Å². The Labute approximate surface area is 76.3 Å². The maximum Gasteiger partial charge on any atom is 0.228 e. The van der Waals surface area contributed by atoms with Gasteiger partial charge < -0.3 is 0 Å². The van der Waals surface area contributed by atoms with Gasteiger partial charge in [-0.2, -0.15) is 4.39 Å². The van der Waals surface area contributed by atoms with E-state index in [0.29, 0.717) is 0 Å². The fourth-order valence-electron chi connectivity index (χ4n) is 0.782. The lowest BCUT2D eigenvalue weighted by Gasteiger charge is -2.01. The van der Waals surface area contributed by atoms with Gasteiger partial charge in [0.2, 0.25) is 5.95 Å². The van der Waals surface area contributed by atoms with Crippen molar-refractivity contribution >= 4 is 17.4 Å². The highest BCUT2D eigenvalue weighted by Gasteiger charge is 2.22. The predicted molar refractivity (Wildman–Crippen MR) is 39.1 cm³/mol. The summed E-state index contributed by atoms with van der Waals surface area (Å²) >= 11 is 5.02. The maximum absolute atomic E-state index is 12.8. The molecule has 0 saturated heterocycles. The highest BCUT2D eigenvalue weighted by Crippen LogP contribution is 2.20. The number of carbonyl (C=O) groups is 1. The van der Waals surface area contributed by atoms with Crippen LogP contribution in [0.2, 0.25) is 5.15 Å². The molecule has 0 N–H and O–H groups in total. The Kier molecular flexibility index (Phi) is 2.56. The second kappa shape index (κ2) is 3.33. The number of halogens is 4. The van der Waals surface area contributed by atoms with Crippen LogP contribution in [-0.2, 0) is 0 Å². The van der Waals surface area contributed by atoms with Crippen molar-refractivity contribution in [2.24, 2.45) is 0 Å². The van der Waals surface area contributed by atoms with Gasteiger partial charge in [-0.3, -0.25) is 4.79 Å². The minimum atomic E-state index is -1.61. The maximum atomic E-state index is 12.8. The number of hydrogen-bond donors (Lipinski definition) is 0. The number of ketones is 1. The Hall–Kier alpha value is -1.10. The van der Waals surface area contributed by atoms with E-state index in [4.69, 9.17) is 11.6 Å². The third-order valence-corrected chi connectivity index (χ3v) is 1.60. The molecule has 0 amide bonds. The number of hydrogen-bond acceptors (Lipinski definition) is 2. The smallest absolute Gasteiger partial charge is 0.228 e. The summed E-state index contributed by atoms with van der Waals surface area (Å²) < 4.78 is 38.2. The van der Waals surface area contributed by atoms with Crippen molar-refractivity contribution in [3.05, 3.63) is 28.3 Å². The van der Waals surface area contributed by atoms with Crippen molar-refractivity contribution in [3.8, 4) is 0 Å². The molecule has 0 aliphatic carbocycles. The lowest BCUT2D eigenvalue weighted by molar-refractivity contribution is 0.100. The van der Waals surface area contributed by atoms with Crippen LogP contribution in [0.1, 0.15) is 17.3 Å². The van der Waals surface area contributed by atoms with E-state index in [1.165, 1.54) is 0 Å². The second-order valence-electron chi connectivity index (χ2n) is 2.25. The van der Waals surface area contributed by atoms with Crippen LogP contribution < -0.4 is 0 Å². The van der Waals surface area contributed by atoms with E-state index in [2.05, 4.69) is 4.98 Å². The molecule has 1 heterocycles. The Morgan fingerprint density at radius 2 is 1.85 bits per heavy atom. The molecule has 0 saturated carbocycles. The summed E-state index contributed by atoms with van der Waals surface area (Å²) in [6.07, 6.45) is 0. The highest BCUT2D eigenvalue weighted by molar-refractivity contribution is 6.29. The Bertz CT molecular complexity index is 380. The van der Waals surface area contributed by atoms with Crippen molar-refractivity contribution in [2.75, 3.05) is 0 Å². The zero-order valence-electron chi connectivity index (χ0n) is 6.37. The average Bonchev–Trinajstić information content (AvgIpc) is 1.99. The van der Waals surface area contributed by atoms with Crippen LogP contribution >= 0.6 is 11.6 Å². The van der Waals surface area contributed by atoms with Crippen molar-refractivity contribution in [2.45, 2.75) is 6.92 Å². The topological polar surface area (TPSA) is 30.0 Å². The van der Waals surface area contributed by atoms with E-state index in [0.717, 1.165) is 6.92 Å². The van der Waals surface area contributed by atoms with Crippen LogP contribution in [0.15, 0.2) is 0 Å². The largest absolute Gasteiger partial charge is 0.294 e. The molecule has 0 fully saturated rings.